The van der Waals surface area contributed by atoms with E-state index in [-0.39, 0.29) is 11.7 Å². The van der Waals surface area contributed by atoms with Crippen molar-refractivity contribution >= 4 is 28.2 Å². The Labute approximate surface area is 184 Å². The standard InChI is InChI=1S/C25H19N5O2/c1-15-10-12-17(13-11-15)24-29-30-25(32-24)23-27-21-9-4-3-8-20(21)22(28-23)26-19-7-5-6-18(14-19)16(2)31/h3-14H,1-2H3,(H,26,27,28). The number of rotatable bonds is 5. The van der Waals surface area contributed by atoms with E-state index in [2.05, 4.69) is 25.5 Å². The number of Topliss-reactive ketones (excluding diaryl/α,β-unsaturated/α-hetero) is 1. The Kier molecular flexibility index (Phi) is 4.91. The summed E-state index contributed by atoms with van der Waals surface area (Å²) in [7, 11) is 0. The number of nitrogens with zero attached hydrogens (tertiary/aromatic N) is 4. The molecule has 0 amide bonds. The van der Waals surface area contributed by atoms with Gasteiger partial charge in [-0.25, -0.2) is 9.97 Å². The maximum absolute atomic E-state index is 11.8. The predicted molar refractivity (Wildman–Crippen MR) is 123 cm³/mol. The van der Waals surface area contributed by atoms with Gasteiger partial charge in [-0.05, 0) is 50.2 Å². The lowest BCUT2D eigenvalue weighted by atomic mass is 10.1. The Morgan fingerprint density at radius 1 is 0.875 bits per heavy atom. The second-order valence-corrected chi connectivity index (χ2v) is 7.45. The highest BCUT2D eigenvalue weighted by molar-refractivity contribution is 5.96. The van der Waals surface area contributed by atoms with Gasteiger partial charge in [-0.3, -0.25) is 4.79 Å². The molecule has 32 heavy (non-hydrogen) atoms. The summed E-state index contributed by atoms with van der Waals surface area (Å²) in [6.07, 6.45) is 0. The number of hydrogen-bond donors (Lipinski definition) is 1. The minimum absolute atomic E-state index is 0.00335. The van der Waals surface area contributed by atoms with Crippen LogP contribution < -0.4 is 5.32 Å². The summed E-state index contributed by atoms with van der Waals surface area (Å²) in [4.78, 5) is 21.0. The molecule has 2 aromatic heterocycles. The van der Waals surface area contributed by atoms with Gasteiger partial charge in [-0.15, -0.1) is 10.2 Å². The van der Waals surface area contributed by atoms with Gasteiger partial charge in [0.25, 0.3) is 5.89 Å². The van der Waals surface area contributed by atoms with Crippen LogP contribution >= 0.6 is 0 Å². The van der Waals surface area contributed by atoms with Crippen molar-refractivity contribution in [2.24, 2.45) is 0 Å². The van der Waals surface area contributed by atoms with E-state index < -0.39 is 0 Å². The maximum Gasteiger partial charge on any atom is 0.286 e. The monoisotopic (exact) mass is 421 g/mol. The molecule has 0 spiro atoms. The summed E-state index contributed by atoms with van der Waals surface area (Å²) in [5.41, 5.74) is 4.08. The molecular formula is C25H19N5O2. The van der Waals surface area contributed by atoms with Gasteiger partial charge in [-0.1, -0.05) is 42.0 Å². The summed E-state index contributed by atoms with van der Waals surface area (Å²) >= 11 is 0. The molecule has 0 atom stereocenters. The normalized spacial score (nSPS) is 10.9. The second-order valence-electron chi connectivity index (χ2n) is 7.45. The van der Waals surface area contributed by atoms with Gasteiger partial charge >= 0.3 is 0 Å². The first-order chi connectivity index (χ1) is 15.6. The molecule has 0 fully saturated rings. The summed E-state index contributed by atoms with van der Waals surface area (Å²) in [6.45, 7) is 3.56. The van der Waals surface area contributed by atoms with Gasteiger partial charge in [-0.2, -0.15) is 0 Å². The zero-order valence-corrected chi connectivity index (χ0v) is 17.5. The van der Waals surface area contributed by atoms with Crippen molar-refractivity contribution in [1.29, 1.82) is 0 Å². The maximum atomic E-state index is 11.8. The molecule has 0 saturated carbocycles. The lowest BCUT2D eigenvalue weighted by Crippen LogP contribution is -2.00. The van der Waals surface area contributed by atoms with E-state index >= 15 is 0 Å². The molecule has 0 saturated heterocycles. The molecule has 0 unspecified atom stereocenters. The van der Waals surface area contributed by atoms with Crippen molar-refractivity contribution in [1.82, 2.24) is 20.2 Å². The van der Waals surface area contributed by atoms with Crippen LogP contribution in [0.5, 0.6) is 0 Å². The molecule has 7 heteroatoms. The predicted octanol–water partition coefficient (Wildman–Crippen LogP) is 5.60. The molecule has 0 radical (unpaired) electrons. The highest BCUT2D eigenvalue weighted by atomic mass is 16.4. The topological polar surface area (TPSA) is 93.8 Å². The number of ketones is 1. The van der Waals surface area contributed by atoms with E-state index in [0.717, 1.165) is 27.7 Å². The van der Waals surface area contributed by atoms with Crippen molar-refractivity contribution in [2.45, 2.75) is 13.8 Å². The number of carbonyl (C=O) groups excluding carboxylic acids is 1. The van der Waals surface area contributed by atoms with E-state index in [1.165, 1.54) is 0 Å². The van der Waals surface area contributed by atoms with Crippen LogP contribution in [0.4, 0.5) is 11.5 Å². The molecule has 7 nitrogen and oxygen atoms in total. The smallest absolute Gasteiger partial charge is 0.286 e. The highest BCUT2D eigenvalue weighted by Crippen LogP contribution is 2.28. The molecule has 0 bridgehead atoms. The van der Waals surface area contributed by atoms with E-state index in [9.17, 15) is 4.79 Å². The average molecular weight is 421 g/mol. The number of hydrogen-bond acceptors (Lipinski definition) is 7. The molecule has 156 valence electrons. The number of para-hydroxylation sites is 1. The second kappa shape index (κ2) is 8.03. The zero-order chi connectivity index (χ0) is 22.1. The molecule has 2 heterocycles. The van der Waals surface area contributed by atoms with Crippen LogP contribution in [0.2, 0.25) is 0 Å². The third-order valence-corrected chi connectivity index (χ3v) is 5.05. The zero-order valence-electron chi connectivity index (χ0n) is 17.5. The fourth-order valence-corrected chi connectivity index (χ4v) is 3.35. The summed E-state index contributed by atoms with van der Waals surface area (Å²) in [5.74, 6) is 1.53. The fraction of sp³-hybridized carbons (Fsp3) is 0.0800. The fourth-order valence-electron chi connectivity index (χ4n) is 3.35. The van der Waals surface area contributed by atoms with Crippen LogP contribution in [0.1, 0.15) is 22.8 Å². The van der Waals surface area contributed by atoms with Gasteiger partial charge < -0.3 is 9.73 Å². The lowest BCUT2D eigenvalue weighted by molar-refractivity contribution is 0.101. The number of anilines is 2. The number of aromatic nitrogens is 4. The van der Waals surface area contributed by atoms with Crippen molar-refractivity contribution in [3.8, 4) is 23.2 Å². The third-order valence-electron chi connectivity index (χ3n) is 5.05. The number of fused-ring (bicyclic) bond motifs is 1. The Hall–Kier alpha value is -4.39. The van der Waals surface area contributed by atoms with Gasteiger partial charge in [0.2, 0.25) is 11.7 Å². The van der Waals surface area contributed by atoms with Crippen LogP contribution in [0.3, 0.4) is 0 Å². The Morgan fingerprint density at radius 3 is 2.47 bits per heavy atom. The summed E-state index contributed by atoms with van der Waals surface area (Å²) in [6, 6.07) is 22.8. The molecule has 0 aliphatic carbocycles. The lowest BCUT2D eigenvalue weighted by Gasteiger charge is -2.10. The summed E-state index contributed by atoms with van der Waals surface area (Å²) in [5, 5.41) is 12.5. The van der Waals surface area contributed by atoms with Crippen molar-refractivity contribution in [2.75, 3.05) is 5.32 Å². The van der Waals surface area contributed by atoms with E-state index in [1.54, 1.807) is 19.1 Å². The number of nitrogens with one attached hydrogen (secondary N) is 1. The minimum atomic E-state index is -0.00335. The Balaban J connectivity index is 1.56. The van der Waals surface area contributed by atoms with Crippen LogP contribution in [0.15, 0.2) is 77.2 Å². The number of benzene rings is 3. The van der Waals surface area contributed by atoms with Gasteiger partial charge in [0.05, 0.1) is 5.52 Å². The van der Waals surface area contributed by atoms with Crippen molar-refractivity contribution in [3.05, 3.63) is 83.9 Å². The number of aryl methyl sites for hydroxylation is 1. The quantitative estimate of drug-likeness (QED) is 0.369. The molecule has 5 aromatic rings. The van der Waals surface area contributed by atoms with E-state index in [0.29, 0.717) is 23.1 Å². The molecular weight excluding hydrogens is 402 g/mol. The minimum Gasteiger partial charge on any atom is -0.413 e. The van der Waals surface area contributed by atoms with Gasteiger partial charge in [0.1, 0.15) is 5.82 Å². The Bertz CT molecular complexity index is 1440. The van der Waals surface area contributed by atoms with Crippen molar-refractivity contribution in [3.63, 3.8) is 0 Å². The van der Waals surface area contributed by atoms with Crippen molar-refractivity contribution < 1.29 is 9.21 Å². The molecule has 0 aliphatic heterocycles. The third kappa shape index (κ3) is 3.83. The van der Waals surface area contributed by atoms with Crippen LogP contribution in [0.25, 0.3) is 34.1 Å². The molecule has 1 N–H and O–H groups in total. The van der Waals surface area contributed by atoms with E-state index in [4.69, 9.17) is 4.42 Å². The molecule has 0 aliphatic rings. The van der Waals surface area contributed by atoms with E-state index in [1.807, 2.05) is 67.6 Å². The van der Waals surface area contributed by atoms with Crippen LogP contribution in [-0.2, 0) is 0 Å². The molecule has 3 aromatic carbocycles. The largest absolute Gasteiger partial charge is 0.413 e. The van der Waals surface area contributed by atoms with Crippen LogP contribution in [-0.4, -0.2) is 25.9 Å². The highest BCUT2D eigenvalue weighted by Gasteiger charge is 2.16. The first-order valence-electron chi connectivity index (χ1n) is 10.1. The first kappa shape index (κ1) is 19.6. The van der Waals surface area contributed by atoms with Crippen LogP contribution in [0, 0.1) is 6.92 Å². The molecule has 5 rings (SSSR count). The average Bonchev–Trinajstić information content (AvgIpc) is 3.30. The summed E-state index contributed by atoms with van der Waals surface area (Å²) < 4.78 is 5.88. The van der Waals surface area contributed by atoms with Gasteiger partial charge in [0, 0.05) is 22.2 Å². The Morgan fingerprint density at radius 2 is 1.66 bits per heavy atom. The first-order valence-corrected chi connectivity index (χ1v) is 10.1. The van der Waals surface area contributed by atoms with Gasteiger partial charge in [0.15, 0.2) is 5.78 Å². The SMILES string of the molecule is CC(=O)c1cccc(Nc2nc(-c3nnc(-c4ccc(C)cc4)o3)nc3ccccc23)c1. The number of carbonyl (C=O) groups is 1.